The Morgan fingerprint density at radius 2 is 2.31 bits per heavy atom. The summed E-state index contributed by atoms with van der Waals surface area (Å²) in [6.07, 6.45) is 0.357. The quantitative estimate of drug-likeness (QED) is 0.731. The summed E-state index contributed by atoms with van der Waals surface area (Å²) in [7, 11) is 3.01. The summed E-state index contributed by atoms with van der Waals surface area (Å²) in [5, 5.41) is 0. The van der Waals surface area contributed by atoms with E-state index in [0.29, 0.717) is 13.0 Å². The van der Waals surface area contributed by atoms with Crippen LogP contribution in [-0.2, 0) is 9.53 Å². The van der Waals surface area contributed by atoms with Gasteiger partial charge in [-0.3, -0.25) is 4.79 Å². The summed E-state index contributed by atoms with van der Waals surface area (Å²) in [4.78, 5) is 11.2. The van der Waals surface area contributed by atoms with Crippen molar-refractivity contribution in [2.45, 2.75) is 12.3 Å². The topological polar surface area (TPSA) is 44.8 Å². The molecule has 0 N–H and O–H groups in total. The van der Waals surface area contributed by atoms with Gasteiger partial charge in [0.15, 0.2) is 0 Å². The van der Waals surface area contributed by atoms with Gasteiger partial charge in [0.2, 0.25) is 0 Å². The minimum absolute atomic E-state index is 0.0911. The van der Waals surface area contributed by atoms with Gasteiger partial charge < -0.3 is 14.2 Å². The molecule has 1 aliphatic rings. The molecule has 0 spiro atoms. The lowest BCUT2D eigenvalue weighted by Gasteiger charge is -2.07. The van der Waals surface area contributed by atoms with Crippen molar-refractivity contribution in [3.8, 4) is 11.5 Å². The molecule has 1 aromatic rings. The van der Waals surface area contributed by atoms with E-state index in [9.17, 15) is 4.79 Å². The average molecular weight is 222 g/mol. The Morgan fingerprint density at radius 1 is 1.50 bits per heavy atom. The third kappa shape index (κ3) is 1.96. The number of methoxy groups -OCH3 is 2. The number of rotatable bonds is 3. The first-order chi connectivity index (χ1) is 7.74. The molecule has 0 amide bonds. The highest BCUT2D eigenvalue weighted by atomic mass is 16.5. The van der Waals surface area contributed by atoms with Crippen molar-refractivity contribution in [1.82, 2.24) is 0 Å². The molecule has 1 atom stereocenters. The number of fused-ring (bicyclic) bond motifs is 1. The van der Waals surface area contributed by atoms with E-state index in [1.54, 1.807) is 7.11 Å². The van der Waals surface area contributed by atoms with Crippen LogP contribution in [0.1, 0.15) is 17.9 Å². The molecule has 0 aromatic heterocycles. The second-order valence-corrected chi connectivity index (χ2v) is 3.69. The van der Waals surface area contributed by atoms with Gasteiger partial charge in [0.25, 0.3) is 0 Å². The minimum Gasteiger partial charge on any atom is -0.497 e. The molecule has 0 radical (unpaired) electrons. The Hall–Kier alpha value is -1.71. The van der Waals surface area contributed by atoms with Crippen molar-refractivity contribution in [2.24, 2.45) is 0 Å². The number of carbonyl (C=O) groups is 1. The van der Waals surface area contributed by atoms with Crippen molar-refractivity contribution in [1.29, 1.82) is 0 Å². The van der Waals surface area contributed by atoms with Gasteiger partial charge in [0.1, 0.15) is 11.5 Å². The van der Waals surface area contributed by atoms with Crippen LogP contribution in [0.2, 0.25) is 0 Å². The number of ether oxygens (including phenoxy) is 3. The minimum atomic E-state index is -0.211. The van der Waals surface area contributed by atoms with Gasteiger partial charge in [-0.15, -0.1) is 0 Å². The van der Waals surface area contributed by atoms with Crippen molar-refractivity contribution >= 4 is 5.97 Å². The lowest BCUT2D eigenvalue weighted by atomic mass is 9.98. The Balaban J connectivity index is 2.17. The standard InChI is InChI=1S/C12H14O4/c1-14-9-3-4-10-8(5-12(13)15-2)7-16-11(10)6-9/h3-4,6,8H,5,7H2,1-2H3/t8-/m1/s1. The first-order valence-electron chi connectivity index (χ1n) is 5.12. The number of benzene rings is 1. The van der Waals surface area contributed by atoms with Crippen LogP contribution in [0, 0.1) is 0 Å². The Kier molecular flexibility index (Phi) is 2.99. The highest BCUT2D eigenvalue weighted by Gasteiger charge is 2.26. The molecule has 1 aromatic carbocycles. The molecule has 1 aliphatic heterocycles. The summed E-state index contributed by atoms with van der Waals surface area (Å²) < 4.78 is 15.3. The van der Waals surface area contributed by atoms with Crippen molar-refractivity contribution in [3.05, 3.63) is 23.8 Å². The molecule has 4 heteroatoms. The Morgan fingerprint density at radius 3 is 3.00 bits per heavy atom. The lowest BCUT2D eigenvalue weighted by molar-refractivity contribution is -0.141. The van der Waals surface area contributed by atoms with Crippen molar-refractivity contribution in [2.75, 3.05) is 20.8 Å². The first kappa shape index (κ1) is 10.8. The number of esters is 1. The molecular weight excluding hydrogens is 208 g/mol. The first-order valence-corrected chi connectivity index (χ1v) is 5.12. The van der Waals surface area contributed by atoms with Gasteiger partial charge in [-0.25, -0.2) is 0 Å². The summed E-state index contributed by atoms with van der Waals surface area (Å²) in [5.74, 6) is 1.44. The fraction of sp³-hybridized carbons (Fsp3) is 0.417. The molecule has 0 fully saturated rings. The van der Waals surface area contributed by atoms with Crippen LogP contribution in [0.25, 0.3) is 0 Å². The molecule has 0 unspecified atom stereocenters. The van der Waals surface area contributed by atoms with Crippen LogP contribution in [0.4, 0.5) is 0 Å². The van der Waals surface area contributed by atoms with Gasteiger partial charge in [-0.2, -0.15) is 0 Å². The second-order valence-electron chi connectivity index (χ2n) is 3.69. The van der Waals surface area contributed by atoms with E-state index in [0.717, 1.165) is 17.1 Å². The molecule has 0 saturated carbocycles. The maximum Gasteiger partial charge on any atom is 0.306 e. The third-order valence-corrected chi connectivity index (χ3v) is 2.74. The van der Waals surface area contributed by atoms with E-state index >= 15 is 0 Å². The van der Waals surface area contributed by atoms with E-state index in [2.05, 4.69) is 4.74 Å². The second kappa shape index (κ2) is 4.43. The monoisotopic (exact) mass is 222 g/mol. The number of hydrogen-bond donors (Lipinski definition) is 0. The zero-order chi connectivity index (χ0) is 11.5. The SMILES string of the molecule is COC(=O)C[C@@H]1COc2cc(OC)ccc21. The smallest absolute Gasteiger partial charge is 0.306 e. The lowest BCUT2D eigenvalue weighted by Crippen LogP contribution is -2.09. The molecule has 2 rings (SSSR count). The summed E-state index contributed by atoms with van der Waals surface area (Å²) in [6.45, 7) is 0.525. The molecule has 4 nitrogen and oxygen atoms in total. The average Bonchev–Trinajstić information content (AvgIpc) is 2.71. The molecule has 0 saturated heterocycles. The molecule has 0 bridgehead atoms. The third-order valence-electron chi connectivity index (χ3n) is 2.74. The zero-order valence-corrected chi connectivity index (χ0v) is 9.36. The Labute approximate surface area is 94.1 Å². The van der Waals surface area contributed by atoms with Gasteiger partial charge in [-0.1, -0.05) is 6.07 Å². The fourth-order valence-electron chi connectivity index (χ4n) is 1.84. The fourth-order valence-corrected chi connectivity index (χ4v) is 1.84. The van der Waals surface area contributed by atoms with E-state index in [4.69, 9.17) is 9.47 Å². The highest BCUT2D eigenvalue weighted by Crippen LogP contribution is 2.38. The molecule has 16 heavy (non-hydrogen) atoms. The number of hydrogen-bond acceptors (Lipinski definition) is 4. The predicted molar refractivity (Wildman–Crippen MR) is 57.9 cm³/mol. The van der Waals surface area contributed by atoms with Crippen LogP contribution < -0.4 is 9.47 Å². The summed E-state index contributed by atoms with van der Waals surface area (Å²) >= 11 is 0. The van der Waals surface area contributed by atoms with Crippen LogP contribution in [-0.4, -0.2) is 26.8 Å². The van der Waals surface area contributed by atoms with Crippen LogP contribution in [0.5, 0.6) is 11.5 Å². The van der Waals surface area contributed by atoms with E-state index in [1.165, 1.54) is 7.11 Å². The van der Waals surface area contributed by atoms with Crippen LogP contribution in [0.15, 0.2) is 18.2 Å². The van der Waals surface area contributed by atoms with Gasteiger partial charge in [0.05, 0.1) is 27.2 Å². The van der Waals surface area contributed by atoms with Crippen molar-refractivity contribution < 1.29 is 19.0 Å². The van der Waals surface area contributed by atoms with Crippen LogP contribution in [0.3, 0.4) is 0 Å². The maximum atomic E-state index is 11.2. The summed E-state index contributed by atoms with van der Waals surface area (Å²) in [6, 6.07) is 5.65. The summed E-state index contributed by atoms with van der Waals surface area (Å²) in [5.41, 5.74) is 1.05. The zero-order valence-electron chi connectivity index (χ0n) is 9.36. The van der Waals surface area contributed by atoms with Gasteiger partial charge in [0, 0.05) is 17.5 Å². The van der Waals surface area contributed by atoms with E-state index in [-0.39, 0.29) is 11.9 Å². The predicted octanol–water partition coefficient (Wildman–Crippen LogP) is 1.73. The van der Waals surface area contributed by atoms with Crippen LogP contribution >= 0.6 is 0 Å². The van der Waals surface area contributed by atoms with E-state index < -0.39 is 0 Å². The molecule has 0 aliphatic carbocycles. The number of carbonyl (C=O) groups excluding carboxylic acids is 1. The van der Waals surface area contributed by atoms with Gasteiger partial charge in [-0.05, 0) is 6.07 Å². The normalized spacial score (nSPS) is 17.5. The molecule has 86 valence electrons. The van der Waals surface area contributed by atoms with Gasteiger partial charge >= 0.3 is 5.97 Å². The van der Waals surface area contributed by atoms with E-state index in [1.807, 2.05) is 18.2 Å². The molecular formula is C12H14O4. The molecule has 1 heterocycles. The Bertz CT molecular complexity index is 400. The highest BCUT2D eigenvalue weighted by molar-refractivity contribution is 5.71. The van der Waals surface area contributed by atoms with Crippen molar-refractivity contribution in [3.63, 3.8) is 0 Å². The maximum absolute atomic E-state index is 11.2. The largest absolute Gasteiger partial charge is 0.497 e.